The third-order valence-corrected chi connectivity index (χ3v) is 6.91. The zero-order valence-corrected chi connectivity index (χ0v) is 19.6. The van der Waals surface area contributed by atoms with E-state index in [4.69, 9.17) is 5.73 Å². The summed E-state index contributed by atoms with van der Waals surface area (Å²) < 4.78 is 2.31. The van der Waals surface area contributed by atoms with Crippen LogP contribution in [0.2, 0.25) is 0 Å². The quantitative estimate of drug-likeness (QED) is 0.256. The standard InChI is InChI=1S/C26H34N8/c27-25-24-22(23-10-14-32-33-23)17-34(26(24)31-18-30-25)21-8-7-20(15-21)16-29-12-4-11-28-13-9-19-5-2-1-3-6-19/h1-3,5-6,10,14,17-18,20-21,28-29H,4,7-9,11-13,15-16H2,(H,32,33)(H2,27,30,31). The fourth-order valence-electron chi connectivity index (χ4n) is 5.13. The zero-order chi connectivity index (χ0) is 23.2. The summed E-state index contributed by atoms with van der Waals surface area (Å²) in [7, 11) is 0. The second-order valence-electron chi connectivity index (χ2n) is 9.25. The Morgan fingerprint density at radius 1 is 1.03 bits per heavy atom. The zero-order valence-electron chi connectivity index (χ0n) is 19.6. The van der Waals surface area contributed by atoms with Crippen molar-refractivity contribution in [1.82, 2.24) is 35.4 Å². The molecule has 4 aromatic rings. The fraction of sp³-hybridized carbons (Fsp3) is 0.423. The Labute approximate surface area is 200 Å². The molecular weight excluding hydrogens is 424 g/mol. The number of anilines is 1. The molecule has 0 aliphatic heterocycles. The van der Waals surface area contributed by atoms with Crippen molar-refractivity contribution in [2.45, 2.75) is 38.1 Å². The van der Waals surface area contributed by atoms with Crippen LogP contribution in [0.5, 0.6) is 0 Å². The maximum absolute atomic E-state index is 6.24. The number of hydrogen-bond acceptors (Lipinski definition) is 6. The van der Waals surface area contributed by atoms with Gasteiger partial charge in [-0.1, -0.05) is 30.3 Å². The molecule has 0 spiro atoms. The monoisotopic (exact) mass is 458 g/mol. The number of fused-ring (bicyclic) bond motifs is 1. The van der Waals surface area contributed by atoms with Crippen molar-refractivity contribution in [3.8, 4) is 11.3 Å². The van der Waals surface area contributed by atoms with Crippen molar-refractivity contribution < 1.29 is 0 Å². The predicted molar refractivity (Wildman–Crippen MR) is 136 cm³/mol. The third-order valence-electron chi connectivity index (χ3n) is 6.91. The van der Waals surface area contributed by atoms with Gasteiger partial charge in [-0.05, 0) is 75.8 Å². The van der Waals surface area contributed by atoms with Crippen LogP contribution in [0.4, 0.5) is 5.82 Å². The second-order valence-corrected chi connectivity index (χ2v) is 9.25. The number of nitrogens with two attached hydrogens (primary N) is 1. The Hall–Kier alpha value is -3.23. The summed E-state index contributed by atoms with van der Waals surface area (Å²) >= 11 is 0. The van der Waals surface area contributed by atoms with Gasteiger partial charge in [0.15, 0.2) is 0 Å². The van der Waals surface area contributed by atoms with E-state index in [0.717, 1.165) is 74.2 Å². The lowest BCUT2D eigenvalue weighted by Gasteiger charge is -2.15. The number of aromatic amines is 1. The van der Waals surface area contributed by atoms with Crippen molar-refractivity contribution >= 4 is 16.9 Å². The summed E-state index contributed by atoms with van der Waals surface area (Å²) in [5.41, 5.74) is 10.5. The van der Waals surface area contributed by atoms with Crippen LogP contribution in [0.15, 0.2) is 55.1 Å². The van der Waals surface area contributed by atoms with Crippen molar-refractivity contribution in [1.29, 1.82) is 0 Å². The van der Waals surface area contributed by atoms with E-state index in [-0.39, 0.29) is 0 Å². The number of nitrogen functional groups attached to an aromatic ring is 1. The second kappa shape index (κ2) is 10.8. The van der Waals surface area contributed by atoms with Crippen LogP contribution in [-0.2, 0) is 6.42 Å². The molecule has 0 bridgehead atoms. The number of hydrogen-bond donors (Lipinski definition) is 4. The Kier molecular flexibility index (Phi) is 7.16. The first-order chi connectivity index (χ1) is 16.8. The van der Waals surface area contributed by atoms with E-state index in [9.17, 15) is 0 Å². The molecule has 3 aromatic heterocycles. The van der Waals surface area contributed by atoms with Gasteiger partial charge in [0.2, 0.25) is 0 Å². The molecule has 1 fully saturated rings. The van der Waals surface area contributed by atoms with Gasteiger partial charge in [0, 0.05) is 24.0 Å². The number of nitrogens with zero attached hydrogens (tertiary/aromatic N) is 4. The van der Waals surface area contributed by atoms with Crippen LogP contribution in [0.25, 0.3) is 22.3 Å². The molecule has 8 nitrogen and oxygen atoms in total. The highest BCUT2D eigenvalue weighted by atomic mass is 15.1. The molecule has 1 aliphatic rings. The third kappa shape index (κ3) is 5.13. The van der Waals surface area contributed by atoms with Crippen LogP contribution in [0.3, 0.4) is 0 Å². The molecular formula is C26H34N8. The number of aromatic nitrogens is 5. The lowest BCUT2D eigenvalue weighted by atomic mass is 10.1. The van der Waals surface area contributed by atoms with Gasteiger partial charge in [0.05, 0.1) is 11.1 Å². The van der Waals surface area contributed by atoms with Crippen LogP contribution in [0.1, 0.15) is 37.3 Å². The average Bonchev–Trinajstić information content (AvgIpc) is 3.61. The molecule has 1 aromatic carbocycles. The molecule has 5 N–H and O–H groups in total. The van der Waals surface area contributed by atoms with E-state index in [1.807, 2.05) is 6.07 Å². The van der Waals surface area contributed by atoms with Gasteiger partial charge in [0.25, 0.3) is 0 Å². The highest BCUT2D eigenvalue weighted by molar-refractivity contribution is 5.99. The van der Waals surface area contributed by atoms with Gasteiger partial charge >= 0.3 is 0 Å². The highest BCUT2D eigenvalue weighted by Crippen LogP contribution is 2.40. The topological polar surface area (TPSA) is 109 Å². The Bertz CT molecular complexity index is 1170. The lowest BCUT2D eigenvalue weighted by molar-refractivity contribution is 0.452. The van der Waals surface area contributed by atoms with Crippen molar-refractivity contribution in [2.75, 3.05) is 31.9 Å². The van der Waals surface area contributed by atoms with E-state index in [2.05, 4.69) is 71.9 Å². The smallest absolute Gasteiger partial charge is 0.146 e. The van der Waals surface area contributed by atoms with E-state index >= 15 is 0 Å². The molecule has 178 valence electrons. The fourth-order valence-corrected chi connectivity index (χ4v) is 5.13. The molecule has 1 saturated carbocycles. The average molecular weight is 459 g/mol. The van der Waals surface area contributed by atoms with Crippen LogP contribution in [-0.4, -0.2) is 50.9 Å². The van der Waals surface area contributed by atoms with E-state index in [1.54, 1.807) is 12.5 Å². The summed E-state index contributed by atoms with van der Waals surface area (Å²) in [6.07, 6.45) is 11.3. The number of H-pyrrole nitrogens is 1. The number of nitrogens with one attached hydrogen (secondary N) is 3. The SMILES string of the molecule is Nc1ncnc2c1c(-c1ccn[nH]1)cn2C1CCC(CNCCCNCCc2ccccc2)C1. The van der Waals surface area contributed by atoms with Gasteiger partial charge < -0.3 is 20.9 Å². The molecule has 3 heterocycles. The Morgan fingerprint density at radius 2 is 1.91 bits per heavy atom. The Balaban J connectivity index is 1.08. The first-order valence-corrected chi connectivity index (χ1v) is 12.4. The molecule has 1 aliphatic carbocycles. The van der Waals surface area contributed by atoms with E-state index in [0.29, 0.717) is 17.8 Å². The Morgan fingerprint density at radius 3 is 2.76 bits per heavy atom. The molecule has 0 amide bonds. The van der Waals surface area contributed by atoms with E-state index in [1.165, 1.54) is 12.0 Å². The maximum Gasteiger partial charge on any atom is 0.146 e. The van der Waals surface area contributed by atoms with Gasteiger partial charge in [-0.2, -0.15) is 5.10 Å². The van der Waals surface area contributed by atoms with Crippen molar-refractivity contribution in [2.24, 2.45) is 5.92 Å². The van der Waals surface area contributed by atoms with Crippen LogP contribution in [0, 0.1) is 5.92 Å². The summed E-state index contributed by atoms with van der Waals surface area (Å²) in [5.74, 6) is 1.20. The molecule has 8 heteroatoms. The van der Waals surface area contributed by atoms with Gasteiger partial charge in [-0.15, -0.1) is 0 Å². The molecule has 2 atom stereocenters. The minimum Gasteiger partial charge on any atom is -0.383 e. The number of rotatable bonds is 11. The predicted octanol–water partition coefficient (Wildman–Crippen LogP) is 3.56. The van der Waals surface area contributed by atoms with Crippen molar-refractivity contribution in [3.63, 3.8) is 0 Å². The van der Waals surface area contributed by atoms with Crippen LogP contribution < -0.4 is 16.4 Å². The summed E-state index contributed by atoms with van der Waals surface area (Å²) in [4.78, 5) is 8.82. The van der Waals surface area contributed by atoms with Gasteiger partial charge in [-0.25, -0.2) is 9.97 Å². The van der Waals surface area contributed by atoms with Crippen molar-refractivity contribution in [3.05, 3.63) is 60.7 Å². The highest BCUT2D eigenvalue weighted by Gasteiger charge is 2.28. The molecule has 0 saturated heterocycles. The van der Waals surface area contributed by atoms with E-state index < -0.39 is 0 Å². The largest absolute Gasteiger partial charge is 0.383 e. The maximum atomic E-state index is 6.24. The normalized spacial score (nSPS) is 18.1. The minimum absolute atomic E-state index is 0.430. The first kappa shape index (κ1) is 22.6. The van der Waals surface area contributed by atoms with Gasteiger partial charge in [-0.3, -0.25) is 5.10 Å². The summed E-state index contributed by atoms with van der Waals surface area (Å²) in [6.45, 7) is 4.22. The molecule has 2 unspecified atom stereocenters. The molecule has 0 radical (unpaired) electrons. The minimum atomic E-state index is 0.430. The molecule has 34 heavy (non-hydrogen) atoms. The molecule has 5 rings (SSSR count). The van der Waals surface area contributed by atoms with Crippen LogP contribution >= 0.6 is 0 Å². The first-order valence-electron chi connectivity index (χ1n) is 12.4. The lowest BCUT2D eigenvalue weighted by Crippen LogP contribution is -2.26. The summed E-state index contributed by atoms with van der Waals surface area (Å²) in [5, 5.41) is 15.3. The summed E-state index contributed by atoms with van der Waals surface area (Å²) in [6, 6.07) is 13.0. The number of benzene rings is 1. The van der Waals surface area contributed by atoms with Gasteiger partial charge in [0.1, 0.15) is 17.8 Å².